The van der Waals surface area contributed by atoms with Gasteiger partial charge in [0.2, 0.25) is 0 Å². The highest BCUT2D eigenvalue weighted by molar-refractivity contribution is 6.29. The summed E-state index contributed by atoms with van der Waals surface area (Å²) in [6.07, 6.45) is 5.32. The maximum Gasteiger partial charge on any atom is 0.134 e. The monoisotopic (exact) mass is 259 g/mol. The number of aryl methyl sites for hydroxylation is 3. The predicted octanol–water partition coefficient (Wildman–Crippen LogP) is 4.32. The molecule has 0 bridgehead atoms. The van der Waals surface area contributed by atoms with E-state index in [-0.39, 0.29) is 0 Å². The normalized spacial score (nSPS) is 13.4. The zero-order chi connectivity index (χ0) is 12.5. The first kappa shape index (κ1) is 11.5. The van der Waals surface area contributed by atoms with Crippen molar-refractivity contribution in [3.05, 3.63) is 52.3 Å². The van der Waals surface area contributed by atoms with Crippen LogP contribution in [0.2, 0.25) is 5.15 Å². The van der Waals surface area contributed by atoms with Gasteiger partial charge in [-0.2, -0.15) is 0 Å². The molecule has 3 rings (SSSR count). The number of benzene rings is 1. The Kier molecular flexibility index (Phi) is 2.96. The molecule has 1 aliphatic rings. The van der Waals surface area contributed by atoms with Gasteiger partial charge in [0.05, 0.1) is 0 Å². The van der Waals surface area contributed by atoms with Crippen LogP contribution in [0.25, 0.3) is 0 Å². The molecule has 0 aliphatic heterocycles. The molecular weight excluding hydrogens is 246 g/mol. The SMILES string of the molecule is Cc1cnc(Cl)cc1Oc1ccc2c(c1)CCC2. The maximum atomic E-state index is 5.89. The van der Waals surface area contributed by atoms with Gasteiger partial charge in [-0.05, 0) is 49.4 Å². The van der Waals surface area contributed by atoms with Crippen molar-refractivity contribution in [2.24, 2.45) is 0 Å². The fourth-order valence-corrected chi connectivity index (χ4v) is 2.48. The lowest BCUT2D eigenvalue weighted by molar-refractivity contribution is 0.477. The molecular formula is C15H14ClNO. The lowest BCUT2D eigenvalue weighted by Gasteiger charge is -2.10. The predicted molar refractivity (Wildman–Crippen MR) is 72.5 cm³/mol. The van der Waals surface area contributed by atoms with E-state index in [9.17, 15) is 0 Å². The summed E-state index contributed by atoms with van der Waals surface area (Å²) in [6, 6.07) is 8.08. The molecule has 2 nitrogen and oxygen atoms in total. The van der Waals surface area contributed by atoms with Gasteiger partial charge in [-0.25, -0.2) is 4.98 Å². The Balaban J connectivity index is 1.90. The van der Waals surface area contributed by atoms with Gasteiger partial charge in [-0.15, -0.1) is 0 Å². The standard InChI is InChI=1S/C15H14ClNO/c1-10-9-17-15(16)8-14(10)18-13-6-5-11-3-2-4-12(11)7-13/h5-9H,2-4H2,1H3. The van der Waals surface area contributed by atoms with Gasteiger partial charge in [0.1, 0.15) is 16.7 Å². The minimum atomic E-state index is 0.455. The molecule has 0 radical (unpaired) electrons. The van der Waals surface area contributed by atoms with Gasteiger partial charge in [-0.1, -0.05) is 17.7 Å². The zero-order valence-corrected chi connectivity index (χ0v) is 11.0. The quantitative estimate of drug-likeness (QED) is 0.749. The van der Waals surface area contributed by atoms with E-state index in [2.05, 4.69) is 17.1 Å². The van der Waals surface area contributed by atoms with E-state index in [4.69, 9.17) is 16.3 Å². The summed E-state index contributed by atoms with van der Waals surface area (Å²) in [4.78, 5) is 4.02. The van der Waals surface area contributed by atoms with Crippen LogP contribution in [0.15, 0.2) is 30.5 Å². The van der Waals surface area contributed by atoms with Crippen LogP contribution < -0.4 is 4.74 Å². The van der Waals surface area contributed by atoms with Crippen LogP contribution in [0.3, 0.4) is 0 Å². The molecule has 92 valence electrons. The molecule has 0 amide bonds. The Bertz CT molecular complexity index is 595. The van der Waals surface area contributed by atoms with E-state index in [0.717, 1.165) is 23.5 Å². The Morgan fingerprint density at radius 1 is 1.17 bits per heavy atom. The molecule has 0 spiro atoms. The van der Waals surface area contributed by atoms with Gasteiger partial charge >= 0.3 is 0 Å². The lowest BCUT2D eigenvalue weighted by atomic mass is 10.1. The van der Waals surface area contributed by atoms with E-state index in [1.54, 1.807) is 12.3 Å². The minimum Gasteiger partial charge on any atom is -0.457 e. The second-order valence-electron chi connectivity index (χ2n) is 4.66. The minimum absolute atomic E-state index is 0.455. The smallest absolute Gasteiger partial charge is 0.134 e. The summed E-state index contributed by atoms with van der Waals surface area (Å²) >= 11 is 5.89. The molecule has 0 saturated carbocycles. The molecule has 0 N–H and O–H groups in total. The van der Waals surface area contributed by atoms with Crippen LogP contribution >= 0.6 is 11.6 Å². The van der Waals surface area contributed by atoms with Gasteiger partial charge in [0, 0.05) is 17.8 Å². The van der Waals surface area contributed by atoms with Crippen molar-refractivity contribution in [2.75, 3.05) is 0 Å². The Morgan fingerprint density at radius 2 is 2.00 bits per heavy atom. The maximum absolute atomic E-state index is 5.89. The number of fused-ring (bicyclic) bond motifs is 1. The van der Waals surface area contributed by atoms with Crippen LogP contribution in [0.4, 0.5) is 0 Å². The fraction of sp³-hybridized carbons (Fsp3) is 0.267. The molecule has 0 atom stereocenters. The number of hydrogen-bond acceptors (Lipinski definition) is 2. The van der Waals surface area contributed by atoms with Crippen molar-refractivity contribution >= 4 is 11.6 Å². The van der Waals surface area contributed by atoms with E-state index < -0.39 is 0 Å². The summed E-state index contributed by atoms with van der Waals surface area (Å²) in [7, 11) is 0. The Labute approximate surface area is 112 Å². The van der Waals surface area contributed by atoms with Crippen molar-refractivity contribution < 1.29 is 4.74 Å². The number of hydrogen-bond donors (Lipinski definition) is 0. The van der Waals surface area contributed by atoms with E-state index >= 15 is 0 Å². The third kappa shape index (κ3) is 2.21. The third-order valence-electron chi connectivity index (χ3n) is 3.32. The molecule has 3 heteroatoms. The first-order valence-corrected chi connectivity index (χ1v) is 6.52. The molecule has 1 aromatic heterocycles. The number of rotatable bonds is 2. The molecule has 0 saturated heterocycles. The van der Waals surface area contributed by atoms with Crippen molar-refractivity contribution in [1.82, 2.24) is 4.98 Å². The second kappa shape index (κ2) is 4.62. The van der Waals surface area contributed by atoms with Crippen molar-refractivity contribution in [1.29, 1.82) is 0 Å². The zero-order valence-electron chi connectivity index (χ0n) is 10.2. The molecule has 1 aliphatic carbocycles. The highest BCUT2D eigenvalue weighted by atomic mass is 35.5. The first-order chi connectivity index (χ1) is 8.72. The number of nitrogens with zero attached hydrogens (tertiary/aromatic N) is 1. The van der Waals surface area contributed by atoms with Crippen LogP contribution in [-0.2, 0) is 12.8 Å². The molecule has 0 unspecified atom stereocenters. The van der Waals surface area contributed by atoms with Gasteiger partial charge in [0.15, 0.2) is 0 Å². The van der Waals surface area contributed by atoms with Crippen LogP contribution in [0, 0.1) is 6.92 Å². The second-order valence-corrected chi connectivity index (χ2v) is 5.05. The van der Waals surface area contributed by atoms with Crippen LogP contribution in [-0.4, -0.2) is 4.98 Å². The molecule has 1 heterocycles. The summed E-state index contributed by atoms with van der Waals surface area (Å²) in [5.41, 5.74) is 3.84. The van der Waals surface area contributed by atoms with Gasteiger partial charge in [0.25, 0.3) is 0 Å². The van der Waals surface area contributed by atoms with Gasteiger partial charge < -0.3 is 4.74 Å². The third-order valence-corrected chi connectivity index (χ3v) is 3.52. The molecule has 1 aromatic carbocycles. The van der Waals surface area contributed by atoms with Crippen molar-refractivity contribution in [2.45, 2.75) is 26.2 Å². The Hall–Kier alpha value is -1.54. The molecule has 18 heavy (non-hydrogen) atoms. The van der Waals surface area contributed by atoms with Gasteiger partial charge in [-0.3, -0.25) is 0 Å². The highest BCUT2D eigenvalue weighted by Gasteiger charge is 2.12. The average Bonchev–Trinajstić information content (AvgIpc) is 2.81. The number of ether oxygens (including phenoxy) is 1. The topological polar surface area (TPSA) is 22.1 Å². The highest BCUT2D eigenvalue weighted by Crippen LogP contribution is 2.30. The van der Waals surface area contributed by atoms with E-state index in [1.165, 1.54) is 24.0 Å². The lowest BCUT2D eigenvalue weighted by Crippen LogP contribution is -1.91. The molecule has 2 aromatic rings. The largest absolute Gasteiger partial charge is 0.457 e. The number of pyridine rings is 1. The molecule has 0 fully saturated rings. The average molecular weight is 260 g/mol. The summed E-state index contributed by atoms with van der Waals surface area (Å²) < 4.78 is 5.89. The van der Waals surface area contributed by atoms with Crippen LogP contribution in [0.5, 0.6) is 11.5 Å². The summed E-state index contributed by atoms with van der Waals surface area (Å²) in [6.45, 7) is 1.96. The van der Waals surface area contributed by atoms with Crippen LogP contribution in [0.1, 0.15) is 23.1 Å². The first-order valence-electron chi connectivity index (χ1n) is 6.14. The van der Waals surface area contributed by atoms with Crippen molar-refractivity contribution in [3.63, 3.8) is 0 Å². The summed E-state index contributed by atoms with van der Waals surface area (Å²) in [5.74, 6) is 1.65. The number of aromatic nitrogens is 1. The number of halogens is 1. The van der Waals surface area contributed by atoms with E-state index in [0.29, 0.717) is 5.15 Å². The summed E-state index contributed by atoms with van der Waals surface area (Å²) in [5, 5.41) is 0.455. The Morgan fingerprint density at radius 3 is 2.89 bits per heavy atom. The van der Waals surface area contributed by atoms with E-state index in [1.807, 2.05) is 13.0 Å². The van der Waals surface area contributed by atoms with Crippen molar-refractivity contribution in [3.8, 4) is 11.5 Å². The fourth-order valence-electron chi connectivity index (χ4n) is 2.33.